The first kappa shape index (κ1) is 18.3. The molecule has 0 saturated heterocycles. The van der Waals surface area contributed by atoms with Crippen molar-refractivity contribution in [2.75, 3.05) is 0 Å². The standard InChI is InChI=1S/C6H10O4.Li.Na/c1-2-3-4(5(7)8)6(9)10;;/h4H,2-3H2,1H3,(H,7,8)(H,9,10);;/q;2*+1/p-2. The van der Waals surface area contributed by atoms with Crippen LogP contribution >= 0.6 is 0 Å². The maximum absolute atomic E-state index is 10.00. The summed E-state index contributed by atoms with van der Waals surface area (Å²) >= 11 is 0. The third-order valence-corrected chi connectivity index (χ3v) is 1.15. The zero-order valence-electron chi connectivity index (χ0n) is 7.62. The zero-order valence-corrected chi connectivity index (χ0v) is 9.62. The predicted octanol–water partition coefficient (Wildman–Crippen LogP) is -8.09. The molecule has 0 unspecified atom stereocenters. The van der Waals surface area contributed by atoms with Gasteiger partial charge < -0.3 is 19.8 Å². The van der Waals surface area contributed by atoms with Crippen molar-refractivity contribution in [2.24, 2.45) is 5.92 Å². The molecule has 0 saturated carbocycles. The molecule has 4 nitrogen and oxygen atoms in total. The first-order chi connectivity index (χ1) is 4.59. The van der Waals surface area contributed by atoms with Gasteiger partial charge in [-0.15, -0.1) is 0 Å². The Bertz CT molecular complexity index is 136. The van der Waals surface area contributed by atoms with Crippen molar-refractivity contribution >= 4 is 11.9 Å². The maximum atomic E-state index is 10.00. The fourth-order valence-corrected chi connectivity index (χ4v) is 0.621. The van der Waals surface area contributed by atoms with Gasteiger partial charge in [-0.25, -0.2) is 0 Å². The summed E-state index contributed by atoms with van der Waals surface area (Å²) in [4.78, 5) is 20.0. The predicted molar refractivity (Wildman–Crippen MR) is 28.4 cm³/mol. The van der Waals surface area contributed by atoms with Crippen molar-refractivity contribution in [2.45, 2.75) is 19.8 Å². The van der Waals surface area contributed by atoms with Crippen molar-refractivity contribution in [3.05, 3.63) is 0 Å². The fraction of sp³-hybridized carbons (Fsp3) is 0.667. The molecule has 0 aromatic rings. The van der Waals surface area contributed by atoms with Gasteiger partial charge in [-0.1, -0.05) is 13.3 Å². The number of carbonyl (C=O) groups excluding carboxylic acids is 2. The molecule has 0 bridgehead atoms. The van der Waals surface area contributed by atoms with E-state index >= 15 is 0 Å². The maximum Gasteiger partial charge on any atom is 1.00 e. The topological polar surface area (TPSA) is 80.3 Å². The van der Waals surface area contributed by atoms with Crippen LogP contribution in [-0.4, -0.2) is 11.9 Å². The van der Waals surface area contributed by atoms with E-state index in [0.29, 0.717) is 6.42 Å². The molecule has 0 aliphatic carbocycles. The second kappa shape index (κ2) is 9.62. The van der Waals surface area contributed by atoms with Gasteiger partial charge in [0.15, 0.2) is 0 Å². The third-order valence-electron chi connectivity index (χ3n) is 1.15. The van der Waals surface area contributed by atoms with E-state index in [0.717, 1.165) is 0 Å². The van der Waals surface area contributed by atoms with Gasteiger partial charge in [0, 0.05) is 5.92 Å². The average Bonchev–Trinajstić information content (AvgIpc) is 1.81. The van der Waals surface area contributed by atoms with Gasteiger partial charge in [0.2, 0.25) is 0 Å². The molecule has 0 aliphatic rings. The molecule has 0 aromatic heterocycles. The van der Waals surface area contributed by atoms with E-state index in [-0.39, 0.29) is 54.8 Å². The summed E-state index contributed by atoms with van der Waals surface area (Å²) < 4.78 is 0. The number of carbonyl (C=O) groups is 2. The van der Waals surface area contributed by atoms with Crippen molar-refractivity contribution in [3.63, 3.8) is 0 Å². The van der Waals surface area contributed by atoms with Crippen LogP contribution in [0, 0.1) is 5.92 Å². The Morgan fingerprint density at radius 2 is 1.58 bits per heavy atom. The van der Waals surface area contributed by atoms with E-state index in [4.69, 9.17) is 0 Å². The average molecular weight is 174 g/mol. The Labute approximate surface area is 105 Å². The number of hydrogen-bond acceptors (Lipinski definition) is 4. The van der Waals surface area contributed by atoms with Crippen LogP contribution in [0.2, 0.25) is 0 Å². The van der Waals surface area contributed by atoms with Gasteiger partial charge in [0.1, 0.15) is 0 Å². The normalized spacial score (nSPS) is 8.17. The van der Waals surface area contributed by atoms with Gasteiger partial charge in [-0.05, 0) is 6.42 Å². The molecule has 0 N–H and O–H groups in total. The van der Waals surface area contributed by atoms with Crippen molar-refractivity contribution < 1.29 is 68.2 Å². The number of carboxylic acids is 2. The van der Waals surface area contributed by atoms with E-state index in [1.54, 1.807) is 6.92 Å². The van der Waals surface area contributed by atoms with Crippen LogP contribution in [0.25, 0.3) is 0 Å². The molecule has 0 aliphatic heterocycles. The third kappa shape index (κ3) is 7.20. The Kier molecular flexibility index (Phi) is 14.7. The molecule has 0 atom stereocenters. The van der Waals surface area contributed by atoms with Gasteiger partial charge >= 0.3 is 48.4 Å². The van der Waals surface area contributed by atoms with Crippen LogP contribution in [0.15, 0.2) is 0 Å². The molecule has 0 heterocycles. The van der Waals surface area contributed by atoms with Crippen LogP contribution in [0.3, 0.4) is 0 Å². The van der Waals surface area contributed by atoms with E-state index < -0.39 is 17.9 Å². The van der Waals surface area contributed by atoms with Crippen LogP contribution in [0.5, 0.6) is 0 Å². The summed E-state index contributed by atoms with van der Waals surface area (Å²) in [6.07, 6.45) is 0.567. The summed E-state index contributed by atoms with van der Waals surface area (Å²) in [5.74, 6) is -4.59. The quantitative estimate of drug-likeness (QED) is 0.313. The first-order valence-electron chi connectivity index (χ1n) is 3.01. The molecular formula is C6H8LiNaO4. The van der Waals surface area contributed by atoms with E-state index in [1.807, 2.05) is 0 Å². The van der Waals surface area contributed by atoms with Crippen LogP contribution in [0.1, 0.15) is 19.8 Å². The molecule has 0 rings (SSSR count). The monoisotopic (exact) mass is 174 g/mol. The molecular weight excluding hydrogens is 166 g/mol. The van der Waals surface area contributed by atoms with Crippen molar-refractivity contribution in [1.29, 1.82) is 0 Å². The Hall–Kier alpha value is 0.537. The van der Waals surface area contributed by atoms with E-state index in [2.05, 4.69) is 0 Å². The van der Waals surface area contributed by atoms with Crippen molar-refractivity contribution in [3.8, 4) is 0 Å². The Morgan fingerprint density at radius 3 is 1.67 bits per heavy atom. The minimum Gasteiger partial charge on any atom is -0.549 e. The number of carboxylic acid groups (broad SMARTS) is 2. The molecule has 6 heteroatoms. The van der Waals surface area contributed by atoms with Gasteiger partial charge in [-0.3, -0.25) is 0 Å². The van der Waals surface area contributed by atoms with E-state index in [1.165, 1.54) is 0 Å². The minimum atomic E-state index is -1.57. The van der Waals surface area contributed by atoms with Gasteiger partial charge in [-0.2, -0.15) is 0 Å². The number of aliphatic carboxylic acids is 2. The smallest absolute Gasteiger partial charge is 0.549 e. The number of hydrogen-bond donors (Lipinski definition) is 0. The van der Waals surface area contributed by atoms with Gasteiger partial charge in [0.05, 0.1) is 11.9 Å². The molecule has 0 spiro atoms. The molecule has 58 valence electrons. The molecule has 0 aromatic carbocycles. The second-order valence-corrected chi connectivity index (χ2v) is 1.98. The molecule has 12 heavy (non-hydrogen) atoms. The van der Waals surface area contributed by atoms with Crippen LogP contribution in [-0.2, 0) is 9.59 Å². The Morgan fingerprint density at radius 1 is 1.25 bits per heavy atom. The summed E-state index contributed by atoms with van der Waals surface area (Å²) in [5.41, 5.74) is 0. The van der Waals surface area contributed by atoms with Crippen LogP contribution in [0.4, 0.5) is 0 Å². The SMILES string of the molecule is CCCC(C(=O)[O-])C(=O)[O-].[Li+].[Na+]. The second-order valence-electron chi connectivity index (χ2n) is 1.98. The number of rotatable bonds is 4. The summed E-state index contributed by atoms with van der Waals surface area (Å²) in [6.45, 7) is 1.69. The summed E-state index contributed by atoms with van der Waals surface area (Å²) in [5, 5.41) is 20.0. The summed E-state index contributed by atoms with van der Waals surface area (Å²) in [7, 11) is 0. The van der Waals surface area contributed by atoms with E-state index in [9.17, 15) is 19.8 Å². The molecule has 0 fully saturated rings. The Balaban J connectivity index is -0.000000405. The fourth-order valence-electron chi connectivity index (χ4n) is 0.621. The molecule has 0 radical (unpaired) electrons. The minimum absolute atomic E-state index is 0. The van der Waals surface area contributed by atoms with Crippen LogP contribution < -0.4 is 58.6 Å². The summed E-state index contributed by atoms with van der Waals surface area (Å²) in [6, 6.07) is 0. The van der Waals surface area contributed by atoms with Crippen molar-refractivity contribution in [1.82, 2.24) is 0 Å². The largest absolute Gasteiger partial charge is 1.00 e. The zero-order chi connectivity index (χ0) is 8.15. The first-order valence-corrected chi connectivity index (χ1v) is 3.01. The molecule has 0 amide bonds. The van der Waals surface area contributed by atoms with Gasteiger partial charge in [0.25, 0.3) is 0 Å².